The van der Waals surface area contributed by atoms with E-state index in [9.17, 15) is 9.59 Å². The zero-order valence-electron chi connectivity index (χ0n) is 19.6. The molecule has 10 heteroatoms. The predicted molar refractivity (Wildman–Crippen MR) is 136 cm³/mol. The van der Waals surface area contributed by atoms with E-state index in [0.717, 1.165) is 80.3 Å². The number of carbonyl (C=O) groups is 2. The molecule has 0 bridgehead atoms. The van der Waals surface area contributed by atoms with Gasteiger partial charge in [-0.15, -0.1) is 11.3 Å². The minimum atomic E-state index is -0.0619. The van der Waals surface area contributed by atoms with Crippen LogP contribution in [0.15, 0.2) is 36.1 Å². The molecule has 1 spiro atoms. The van der Waals surface area contributed by atoms with E-state index >= 15 is 0 Å². The maximum absolute atomic E-state index is 13.3. The van der Waals surface area contributed by atoms with Crippen LogP contribution in [0.4, 0.5) is 11.6 Å². The molecule has 9 nitrogen and oxygen atoms in total. The van der Waals surface area contributed by atoms with Crippen LogP contribution in [0.2, 0.25) is 0 Å². The number of hydrogen-bond acceptors (Lipinski definition) is 8. The number of nitrogens with one attached hydrogen (secondary N) is 2. The summed E-state index contributed by atoms with van der Waals surface area (Å²) >= 11 is 1.67. The highest BCUT2D eigenvalue weighted by atomic mass is 32.1. The number of piperazine rings is 1. The third-order valence-electron chi connectivity index (χ3n) is 7.71. The van der Waals surface area contributed by atoms with Crippen molar-refractivity contribution < 1.29 is 9.59 Å². The van der Waals surface area contributed by atoms with Gasteiger partial charge in [0.2, 0.25) is 5.91 Å². The molecule has 0 unspecified atom stereocenters. The van der Waals surface area contributed by atoms with Crippen molar-refractivity contribution in [1.82, 2.24) is 25.6 Å². The lowest BCUT2D eigenvalue weighted by molar-refractivity contribution is -0.119. The van der Waals surface area contributed by atoms with Crippen LogP contribution < -0.4 is 20.4 Å². The van der Waals surface area contributed by atoms with Gasteiger partial charge in [-0.05, 0) is 54.7 Å². The number of carbonyl (C=O) groups excluding carboxylic acids is 2. The molecular weight excluding hydrogens is 462 g/mol. The van der Waals surface area contributed by atoms with E-state index < -0.39 is 0 Å². The van der Waals surface area contributed by atoms with Gasteiger partial charge in [0.1, 0.15) is 18.0 Å². The van der Waals surface area contributed by atoms with Crippen molar-refractivity contribution in [2.24, 2.45) is 5.41 Å². The number of amides is 2. The third-order valence-corrected chi connectivity index (χ3v) is 8.61. The van der Waals surface area contributed by atoms with Gasteiger partial charge in [0.15, 0.2) is 0 Å². The summed E-state index contributed by atoms with van der Waals surface area (Å²) in [6.07, 6.45) is 7.77. The molecule has 3 aromatic heterocycles. The second kappa shape index (κ2) is 9.07. The number of rotatable bonds is 4. The molecule has 0 radical (unpaired) electrons. The second-order valence-electron chi connectivity index (χ2n) is 9.88. The predicted octanol–water partition coefficient (Wildman–Crippen LogP) is 2.59. The highest BCUT2D eigenvalue weighted by molar-refractivity contribution is 7.17. The van der Waals surface area contributed by atoms with E-state index in [1.165, 1.54) is 0 Å². The van der Waals surface area contributed by atoms with E-state index in [1.54, 1.807) is 23.9 Å². The van der Waals surface area contributed by atoms with Gasteiger partial charge >= 0.3 is 0 Å². The van der Waals surface area contributed by atoms with Crippen LogP contribution in [-0.4, -0.2) is 65.5 Å². The Kier molecular flexibility index (Phi) is 5.75. The number of nitrogens with zero attached hydrogens (tertiary/aromatic N) is 5. The van der Waals surface area contributed by atoms with Crippen molar-refractivity contribution in [1.29, 1.82) is 0 Å². The second-order valence-corrected chi connectivity index (χ2v) is 10.8. The summed E-state index contributed by atoms with van der Waals surface area (Å²) in [5.74, 6) is 1.82. The van der Waals surface area contributed by atoms with E-state index in [2.05, 4.69) is 35.4 Å². The van der Waals surface area contributed by atoms with Crippen molar-refractivity contribution in [3.05, 3.63) is 41.7 Å². The Labute approximate surface area is 208 Å². The first kappa shape index (κ1) is 22.2. The monoisotopic (exact) mass is 491 g/mol. The van der Waals surface area contributed by atoms with Gasteiger partial charge < -0.3 is 20.4 Å². The van der Waals surface area contributed by atoms with Crippen LogP contribution in [-0.2, 0) is 4.79 Å². The summed E-state index contributed by atoms with van der Waals surface area (Å²) in [6.45, 7) is 3.92. The lowest BCUT2D eigenvalue weighted by Crippen LogP contribution is -2.48. The topological polar surface area (TPSA) is 103 Å². The molecule has 3 fully saturated rings. The minimum Gasteiger partial charge on any atom is -0.356 e. The Hall–Kier alpha value is -3.27. The molecule has 1 aliphatic carbocycles. The highest BCUT2D eigenvalue weighted by Crippen LogP contribution is 2.41. The van der Waals surface area contributed by atoms with Crippen molar-refractivity contribution in [3.8, 4) is 0 Å². The molecule has 3 aromatic rings. The number of fused-ring (bicyclic) bond motifs is 1. The number of hydrogen-bond donors (Lipinski definition) is 2. The fourth-order valence-corrected chi connectivity index (χ4v) is 6.56. The SMILES string of the molecule is O=C1CC2(CCC(NC(=O)c3cccnc3N3CCN(c4ncnc5ccsc45)CC3)CC2)CN1. The first-order valence-electron chi connectivity index (χ1n) is 12.3. The summed E-state index contributed by atoms with van der Waals surface area (Å²) < 4.78 is 1.12. The summed E-state index contributed by atoms with van der Waals surface area (Å²) in [5, 5.41) is 8.27. The van der Waals surface area contributed by atoms with Gasteiger partial charge in [-0.3, -0.25) is 9.59 Å². The Morgan fingerprint density at radius 3 is 2.57 bits per heavy atom. The number of pyridine rings is 1. The zero-order chi connectivity index (χ0) is 23.8. The van der Waals surface area contributed by atoms with Crippen LogP contribution in [0.5, 0.6) is 0 Å². The minimum absolute atomic E-state index is 0.0619. The average Bonchev–Trinajstić information content (AvgIpc) is 3.52. The Morgan fingerprint density at radius 2 is 1.83 bits per heavy atom. The van der Waals surface area contributed by atoms with Crippen LogP contribution >= 0.6 is 11.3 Å². The molecule has 0 atom stereocenters. The summed E-state index contributed by atoms with van der Waals surface area (Å²) in [6, 6.07) is 5.86. The normalized spacial score (nSPS) is 24.7. The van der Waals surface area contributed by atoms with Crippen LogP contribution in [0.1, 0.15) is 42.5 Å². The van der Waals surface area contributed by atoms with E-state index in [4.69, 9.17) is 0 Å². The summed E-state index contributed by atoms with van der Waals surface area (Å²) in [4.78, 5) is 43.0. The van der Waals surface area contributed by atoms with Crippen LogP contribution in [0.3, 0.4) is 0 Å². The fourth-order valence-electron chi connectivity index (χ4n) is 5.70. The van der Waals surface area contributed by atoms with E-state index in [-0.39, 0.29) is 23.3 Å². The Balaban J connectivity index is 1.10. The highest BCUT2D eigenvalue weighted by Gasteiger charge is 2.41. The summed E-state index contributed by atoms with van der Waals surface area (Å²) in [5.41, 5.74) is 1.70. The van der Waals surface area contributed by atoms with Gasteiger partial charge in [0, 0.05) is 51.4 Å². The molecule has 2 N–H and O–H groups in total. The van der Waals surface area contributed by atoms with Gasteiger partial charge in [-0.1, -0.05) is 0 Å². The standard InChI is InChI=1S/C25H29N7O2S/c33-20-14-25(15-27-20)6-3-17(4-7-25)30-24(34)18-2-1-8-26-22(18)31-9-11-32(12-10-31)23-21-19(5-13-35-21)28-16-29-23/h1-2,5,8,13,16-17H,3-4,6-7,9-12,14-15H2,(H,27,33)(H,30,34). The molecule has 3 aliphatic rings. The average molecular weight is 492 g/mol. The summed E-state index contributed by atoms with van der Waals surface area (Å²) in [7, 11) is 0. The lowest BCUT2D eigenvalue weighted by atomic mass is 9.72. The molecule has 2 saturated heterocycles. The van der Waals surface area contributed by atoms with Crippen molar-refractivity contribution in [2.45, 2.75) is 38.1 Å². The molecule has 6 rings (SSSR count). The number of thiophene rings is 1. The first-order valence-corrected chi connectivity index (χ1v) is 13.2. The van der Waals surface area contributed by atoms with Crippen molar-refractivity contribution in [3.63, 3.8) is 0 Å². The Bertz CT molecular complexity index is 1250. The van der Waals surface area contributed by atoms with Gasteiger partial charge in [-0.2, -0.15) is 0 Å². The maximum atomic E-state index is 13.3. The quantitative estimate of drug-likeness (QED) is 0.578. The van der Waals surface area contributed by atoms with Gasteiger partial charge in [0.05, 0.1) is 15.8 Å². The molecule has 1 saturated carbocycles. The van der Waals surface area contributed by atoms with Gasteiger partial charge in [0.25, 0.3) is 5.91 Å². The fraction of sp³-hybridized carbons (Fsp3) is 0.480. The zero-order valence-corrected chi connectivity index (χ0v) is 20.4. The van der Waals surface area contributed by atoms with E-state index in [1.807, 2.05) is 23.6 Å². The van der Waals surface area contributed by atoms with Crippen LogP contribution in [0, 0.1) is 5.41 Å². The number of aromatic nitrogens is 3. The third kappa shape index (κ3) is 4.31. The smallest absolute Gasteiger partial charge is 0.255 e. The van der Waals surface area contributed by atoms with E-state index in [0.29, 0.717) is 12.0 Å². The van der Waals surface area contributed by atoms with Crippen molar-refractivity contribution in [2.75, 3.05) is 42.5 Å². The molecular formula is C25H29N7O2S. The van der Waals surface area contributed by atoms with Crippen LogP contribution in [0.25, 0.3) is 10.2 Å². The van der Waals surface area contributed by atoms with Crippen molar-refractivity contribution >= 4 is 45.0 Å². The first-order chi connectivity index (χ1) is 17.1. The lowest BCUT2D eigenvalue weighted by Gasteiger charge is -2.37. The number of anilines is 2. The molecule has 182 valence electrons. The molecule has 0 aromatic carbocycles. The van der Waals surface area contributed by atoms with Gasteiger partial charge in [-0.25, -0.2) is 15.0 Å². The largest absolute Gasteiger partial charge is 0.356 e. The molecule has 5 heterocycles. The molecule has 2 aliphatic heterocycles. The maximum Gasteiger partial charge on any atom is 0.255 e. The molecule has 2 amide bonds. The Morgan fingerprint density at radius 1 is 1.06 bits per heavy atom. The molecule has 35 heavy (non-hydrogen) atoms.